The van der Waals surface area contributed by atoms with Gasteiger partial charge in [-0.2, -0.15) is 5.10 Å². The van der Waals surface area contributed by atoms with Gasteiger partial charge >= 0.3 is 0 Å². The second kappa shape index (κ2) is 4.55. The van der Waals surface area contributed by atoms with Gasteiger partial charge in [-0.1, -0.05) is 6.92 Å². The summed E-state index contributed by atoms with van der Waals surface area (Å²) in [4.78, 5) is 4.47. The molecule has 1 aromatic heterocycles. The topological polar surface area (TPSA) is 53.6 Å². The van der Waals surface area contributed by atoms with Crippen LogP contribution in [0.1, 0.15) is 31.4 Å². The van der Waals surface area contributed by atoms with Gasteiger partial charge in [0, 0.05) is 12.8 Å². The van der Waals surface area contributed by atoms with E-state index in [2.05, 4.69) is 27.4 Å². The van der Waals surface area contributed by atoms with Crippen molar-refractivity contribution in [1.82, 2.24) is 20.5 Å². The number of nitrogens with zero attached hydrogens (tertiary/aromatic N) is 2. The number of hydrogen-bond donors (Lipinski definition) is 2. The zero-order valence-corrected chi connectivity index (χ0v) is 8.71. The standard InChI is InChI=1S/C10H18N4/c1-2-3-9-12-10(14-13-9)6-8-4-5-11-7-8/h8,11H,2-7H2,1H3,(H,12,13,14). The van der Waals surface area contributed by atoms with Crippen LogP contribution in [0.15, 0.2) is 0 Å². The van der Waals surface area contributed by atoms with Crippen LogP contribution in [0.2, 0.25) is 0 Å². The first-order valence-corrected chi connectivity index (χ1v) is 5.49. The molecule has 0 aliphatic carbocycles. The Morgan fingerprint density at radius 2 is 2.43 bits per heavy atom. The molecule has 1 atom stereocenters. The Labute approximate surface area is 84.5 Å². The van der Waals surface area contributed by atoms with Crippen molar-refractivity contribution in [3.05, 3.63) is 11.6 Å². The smallest absolute Gasteiger partial charge is 0.150 e. The number of rotatable bonds is 4. The van der Waals surface area contributed by atoms with Gasteiger partial charge in [0.2, 0.25) is 0 Å². The van der Waals surface area contributed by atoms with E-state index in [1.165, 1.54) is 6.42 Å². The van der Waals surface area contributed by atoms with Crippen LogP contribution in [-0.2, 0) is 12.8 Å². The third kappa shape index (κ3) is 2.32. The first-order chi connectivity index (χ1) is 6.88. The SMILES string of the molecule is CCCc1n[nH]c(CC2CCNC2)n1. The predicted octanol–water partition coefficient (Wildman–Crippen LogP) is 0.909. The molecule has 2 rings (SSSR count). The van der Waals surface area contributed by atoms with Crippen LogP contribution in [0.4, 0.5) is 0 Å². The van der Waals surface area contributed by atoms with Crippen LogP contribution >= 0.6 is 0 Å². The van der Waals surface area contributed by atoms with Gasteiger partial charge in [0.25, 0.3) is 0 Å². The van der Waals surface area contributed by atoms with Crippen LogP contribution in [0.25, 0.3) is 0 Å². The van der Waals surface area contributed by atoms with E-state index in [0.717, 1.165) is 49.9 Å². The highest BCUT2D eigenvalue weighted by Crippen LogP contribution is 2.12. The Hall–Kier alpha value is -0.900. The fourth-order valence-corrected chi connectivity index (χ4v) is 1.92. The van der Waals surface area contributed by atoms with Gasteiger partial charge in [0.15, 0.2) is 5.82 Å². The monoisotopic (exact) mass is 194 g/mol. The third-order valence-corrected chi connectivity index (χ3v) is 2.70. The molecule has 1 fully saturated rings. The molecule has 4 heteroatoms. The molecule has 0 amide bonds. The maximum atomic E-state index is 4.47. The summed E-state index contributed by atoms with van der Waals surface area (Å²) in [6.45, 7) is 4.43. The fraction of sp³-hybridized carbons (Fsp3) is 0.800. The lowest BCUT2D eigenvalue weighted by Crippen LogP contribution is -2.11. The van der Waals surface area contributed by atoms with Crippen molar-refractivity contribution >= 4 is 0 Å². The van der Waals surface area contributed by atoms with Gasteiger partial charge in [-0.3, -0.25) is 5.10 Å². The Kier molecular flexibility index (Phi) is 3.14. The first-order valence-electron chi connectivity index (χ1n) is 5.49. The number of aromatic nitrogens is 3. The summed E-state index contributed by atoms with van der Waals surface area (Å²) in [6, 6.07) is 0. The van der Waals surface area contributed by atoms with Crippen molar-refractivity contribution in [2.24, 2.45) is 5.92 Å². The van der Waals surface area contributed by atoms with E-state index in [4.69, 9.17) is 0 Å². The average Bonchev–Trinajstić information content (AvgIpc) is 2.79. The van der Waals surface area contributed by atoms with Gasteiger partial charge < -0.3 is 5.32 Å². The first kappa shape index (κ1) is 9.65. The van der Waals surface area contributed by atoms with Crippen molar-refractivity contribution in [3.63, 3.8) is 0 Å². The van der Waals surface area contributed by atoms with Crippen LogP contribution in [-0.4, -0.2) is 28.3 Å². The maximum absolute atomic E-state index is 4.47. The molecule has 0 bridgehead atoms. The molecule has 1 saturated heterocycles. The highest BCUT2D eigenvalue weighted by atomic mass is 15.2. The van der Waals surface area contributed by atoms with Gasteiger partial charge in [-0.15, -0.1) is 0 Å². The van der Waals surface area contributed by atoms with E-state index in [1.807, 2.05) is 0 Å². The second-order valence-electron chi connectivity index (χ2n) is 4.01. The number of hydrogen-bond acceptors (Lipinski definition) is 3. The number of nitrogens with one attached hydrogen (secondary N) is 2. The van der Waals surface area contributed by atoms with Crippen molar-refractivity contribution in [2.45, 2.75) is 32.6 Å². The molecule has 14 heavy (non-hydrogen) atoms. The zero-order valence-electron chi connectivity index (χ0n) is 8.71. The molecule has 2 N–H and O–H groups in total. The minimum absolute atomic E-state index is 0.748. The van der Waals surface area contributed by atoms with E-state index in [0.29, 0.717) is 0 Å². The second-order valence-corrected chi connectivity index (χ2v) is 4.01. The van der Waals surface area contributed by atoms with Crippen LogP contribution in [0, 0.1) is 5.92 Å². The summed E-state index contributed by atoms with van der Waals surface area (Å²) in [6.07, 6.45) is 4.41. The maximum Gasteiger partial charge on any atom is 0.150 e. The molecule has 2 heterocycles. The van der Waals surface area contributed by atoms with Gasteiger partial charge in [-0.25, -0.2) is 4.98 Å². The average molecular weight is 194 g/mol. The minimum atomic E-state index is 0.748. The molecule has 0 radical (unpaired) electrons. The molecule has 0 aromatic carbocycles. The Morgan fingerprint density at radius 1 is 1.50 bits per heavy atom. The molecule has 0 spiro atoms. The van der Waals surface area contributed by atoms with E-state index < -0.39 is 0 Å². The van der Waals surface area contributed by atoms with Gasteiger partial charge in [0.05, 0.1) is 0 Å². The molecular formula is C10H18N4. The summed E-state index contributed by atoms with van der Waals surface area (Å²) in [5.74, 6) is 2.77. The summed E-state index contributed by atoms with van der Waals surface area (Å²) in [5, 5.41) is 10.6. The lowest BCUT2D eigenvalue weighted by Gasteiger charge is -2.03. The van der Waals surface area contributed by atoms with Gasteiger partial charge in [-0.05, 0) is 31.8 Å². The lowest BCUT2D eigenvalue weighted by atomic mass is 10.1. The van der Waals surface area contributed by atoms with Crippen molar-refractivity contribution < 1.29 is 0 Å². The van der Waals surface area contributed by atoms with E-state index in [-0.39, 0.29) is 0 Å². The fourth-order valence-electron chi connectivity index (χ4n) is 1.92. The quantitative estimate of drug-likeness (QED) is 0.749. The predicted molar refractivity (Wildman–Crippen MR) is 55.1 cm³/mol. The third-order valence-electron chi connectivity index (χ3n) is 2.70. The Bertz CT molecular complexity index is 275. The Balaban J connectivity index is 1.88. The molecule has 1 aliphatic heterocycles. The number of aryl methyl sites for hydroxylation is 1. The van der Waals surface area contributed by atoms with Crippen molar-refractivity contribution in [3.8, 4) is 0 Å². The Morgan fingerprint density at radius 3 is 3.14 bits per heavy atom. The van der Waals surface area contributed by atoms with Crippen molar-refractivity contribution in [2.75, 3.05) is 13.1 Å². The molecule has 1 unspecified atom stereocenters. The number of H-pyrrole nitrogens is 1. The zero-order chi connectivity index (χ0) is 9.80. The summed E-state index contributed by atoms with van der Waals surface area (Å²) in [5.41, 5.74) is 0. The van der Waals surface area contributed by atoms with E-state index in [9.17, 15) is 0 Å². The molecular weight excluding hydrogens is 176 g/mol. The normalized spacial score (nSPS) is 21.6. The lowest BCUT2D eigenvalue weighted by molar-refractivity contribution is 0.562. The molecule has 0 saturated carbocycles. The highest BCUT2D eigenvalue weighted by molar-refractivity contribution is 4.93. The van der Waals surface area contributed by atoms with Crippen molar-refractivity contribution in [1.29, 1.82) is 0 Å². The van der Waals surface area contributed by atoms with E-state index in [1.54, 1.807) is 0 Å². The van der Waals surface area contributed by atoms with E-state index >= 15 is 0 Å². The summed E-state index contributed by atoms with van der Waals surface area (Å²) < 4.78 is 0. The molecule has 78 valence electrons. The van der Waals surface area contributed by atoms with Crippen LogP contribution in [0.3, 0.4) is 0 Å². The minimum Gasteiger partial charge on any atom is -0.316 e. The molecule has 1 aromatic rings. The highest BCUT2D eigenvalue weighted by Gasteiger charge is 2.16. The molecule has 4 nitrogen and oxygen atoms in total. The summed E-state index contributed by atoms with van der Waals surface area (Å²) >= 11 is 0. The number of aromatic amines is 1. The van der Waals surface area contributed by atoms with Crippen LogP contribution < -0.4 is 5.32 Å². The molecule has 1 aliphatic rings. The van der Waals surface area contributed by atoms with Crippen LogP contribution in [0.5, 0.6) is 0 Å². The van der Waals surface area contributed by atoms with Gasteiger partial charge in [0.1, 0.15) is 5.82 Å². The summed E-state index contributed by atoms with van der Waals surface area (Å²) in [7, 11) is 0. The largest absolute Gasteiger partial charge is 0.316 e.